The number of rotatable bonds is 4. The van der Waals surface area contributed by atoms with Crippen molar-refractivity contribution in [3.63, 3.8) is 0 Å². The second-order valence-corrected chi connectivity index (χ2v) is 17.9. The van der Waals surface area contributed by atoms with Crippen molar-refractivity contribution >= 4 is 0 Å². The zero-order valence-electron chi connectivity index (χ0n) is 32.9. The van der Waals surface area contributed by atoms with Crippen molar-refractivity contribution in [2.24, 2.45) is 23.7 Å². The molecule has 7 aromatic carbocycles. The Morgan fingerprint density at radius 1 is 0.322 bits per heavy atom. The number of hydrogen-bond acceptors (Lipinski definition) is 3. The lowest BCUT2D eigenvalue weighted by Gasteiger charge is -2.65. The number of benzene rings is 7. The van der Waals surface area contributed by atoms with E-state index in [1.54, 1.807) is 5.56 Å². The molecule has 3 nitrogen and oxygen atoms in total. The molecule has 4 bridgehead atoms. The molecule has 4 fully saturated rings. The van der Waals surface area contributed by atoms with Gasteiger partial charge in [0.25, 0.3) is 0 Å². The monoisotopic (exact) mass is 757 g/mol. The number of nitrogens with zero attached hydrogens (tertiary/aromatic N) is 3. The summed E-state index contributed by atoms with van der Waals surface area (Å²) in [6.07, 6.45) is 6.69. The first-order valence-corrected chi connectivity index (χ1v) is 21.6. The van der Waals surface area contributed by atoms with Crippen molar-refractivity contribution in [3.8, 4) is 56.4 Å². The summed E-state index contributed by atoms with van der Waals surface area (Å²) in [5.74, 6) is 5.00. The third-order valence-corrected chi connectivity index (χ3v) is 15.2. The molecule has 59 heavy (non-hydrogen) atoms. The molecule has 0 amide bonds. The molecule has 8 aromatic rings. The minimum atomic E-state index is -0.422. The van der Waals surface area contributed by atoms with E-state index in [0.717, 1.165) is 39.9 Å². The van der Waals surface area contributed by atoms with Crippen LogP contribution in [0, 0.1) is 23.7 Å². The van der Waals surface area contributed by atoms with Crippen molar-refractivity contribution in [1.82, 2.24) is 15.0 Å². The summed E-state index contributed by atoms with van der Waals surface area (Å²) < 4.78 is 0. The van der Waals surface area contributed by atoms with E-state index in [4.69, 9.17) is 15.0 Å². The summed E-state index contributed by atoms with van der Waals surface area (Å²) in [5.41, 5.74) is 16.3. The molecule has 6 aliphatic carbocycles. The van der Waals surface area contributed by atoms with E-state index in [1.165, 1.54) is 76.6 Å². The van der Waals surface area contributed by atoms with Gasteiger partial charge in [0.05, 0.1) is 5.41 Å². The van der Waals surface area contributed by atoms with Crippen molar-refractivity contribution in [2.75, 3.05) is 0 Å². The van der Waals surface area contributed by atoms with Gasteiger partial charge in [0, 0.05) is 22.1 Å². The van der Waals surface area contributed by atoms with Gasteiger partial charge < -0.3 is 0 Å². The maximum absolute atomic E-state index is 5.39. The molecule has 4 saturated carbocycles. The van der Waals surface area contributed by atoms with Crippen LogP contribution >= 0.6 is 0 Å². The van der Waals surface area contributed by atoms with E-state index in [9.17, 15) is 0 Å². The van der Waals surface area contributed by atoms with Gasteiger partial charge in [-0.05, 0) is 124 Å². The zero-order valence-corrected chi connectivity index (χ0v) is 32.9. The molecule has 282 valence electrons. The third kappa shape index (κ3) is 4.62. The predicted molar refractivity (Wildman–Crippen MR) is 237 cm³/mol. The molecule has 0 aliphatic heterocycles. The fourth-order valence-electron chi connectivity index (χ4n) is 13.3. The Labute approximate surface area is 345 Å². The van der Waals surface area contributed by atoms with Crippen molar-refractivity contribution in [1.29, 1.82) is 0 Å². The Bertz CT molecular complexity index is 2890. The lowest BCUT2D eigenvalue weighted by molar-refractivity contribution is -0.0440. The second kappa shape index (κ2) is 12.5. The highest BCUT2D eigenvalue weighted by atomic mass is 15.0. The summed E-state index contributed by atoms with van der Waals surface area (Å²) >= 11 is 0. The summed E-state index contributed by atoms with van der Waals surface area (Å²) in [6, 6.07) is 65.1. The lowest BCUT2D eigenvalue weighted by Crippen LogP contribution is -2.59. The second-order valence-electron chi connectivity index (χ2n) is 17.9. The summed E-state index contributed by atoms with van der Waals surface area (Å²) in [4.78, 5) is 15.9. The molecule has 2 spiro atoms. The Morgan fingerprint density at radius 2 is 0.780 bits per heavy atom. The SMILES string of the molecule is c1ccc(-c2cccc(-c3nc(-c4ccccc4)nc(-c4ccc5c(c4)C4(c6ccccc6C56c5ccccc5-c5ccccc56)C5CC6CC(C5)CC4C6)n3)c2)cc1. The fourth-order valence-corrected chi connectivity index (χ4v) is 13.3. The molecule has 14 rings (SSSR count). The minimum Gasteiger partial charge on any atom is -0.208 e. The molecule has 3 heteroatoms. The smallest absolute Gasteiger partial charge is 0.164 e. The molecule has 1 aromatic heterocycles. The van der Waals surface area contributed by atoms with Crippen molar-refractivity contribution in [2.45, 2.75) is 42.9 Å². The first kappa shape index (κ1) is 33.5. The fraction of sp³-hybridized carbons (Fsp3) is 0.196. The molecule has 6 aliphatic rings. The molecular formula is C56H43N3. The van der Waals surface area contributed by atoms with E-state index in [1.807, 2.05) is 0 Å². The predicted octanol–water partition coefficient (Wildman–Crippen LogP) is 13.0. The molecule has 0 atom stereocenters. The van der Waals surface area contributed by atoms with Gasteiger partial charge in [-0.25, -0.2) is 15.0 Å². The Balaban J connectivity index is 1.09. The number of aromatic nitrogens is 3. The van der Waals surface area contributed by atoms with Crippen molar-refractivity contribution in [3.05, 3.63) is 209 Å². The van der Waals surface area contributed by atoms with Crippen molar-refractivity contribution < 1.29 is 0 Å². The molecule has 0 unspecified atom stereocenters. The van der Waals surface area contributed by atoms with Crippen LogP contribution in [0.15, 0.2) is 176 Å². The lowest BCUT2D eigenvalue weighted by atomic mass is 9.38. The van der Waals surface area contributed by atoms with Crippen LogP contribution in [0.2, 0.25) is 0 Å². The normalized spacial score (nSPS) is 23.5. The van der Waals surface area contributed by atoms with Gasteiger partial charge in [0.15, 0.2) is 17.5 Å². The summed E-state index contributed by atoms with van der Waals surface area (Å²) in [7, 11) is 0. The van der Waals surface area contributed by atoms with Gasteiger partial charge in [-0.3, -0.25) is 0 Å². The highest BCUT2D eigenvalue weighted by Crippen LogP contribution is 2.71. The highest BCUT2D eigenvalue weighted by molar-refractivity contribution is 5.89. The molecular weight excluding hydrogens is 715 g/mol. The average molecular weight is 758 g/mol. The van der Waals surface area contributed by atoms with Crippen LogP contribution in [0.4, 0.5) is 0 Å². The van der Waals surface area contributed by atoms with Gasteiger partial charge in [-0.1, -0.05) is 164 Å². The highest BCUT2D eigenvalue weighted by Gasteiger charge is 2.64. The number of fused-ring (bicyclic) bond motifs is 9. The van der Waals surface area contributed by atoms with E-state index < -0.39 is 5.41 Å². The van der Waals surface area contributed by atoms with E-state index >= 15 is 0 Å². The summed E-state index contributed by atoms with van der Waals surface area (Å²) in [5, 5.41) is 0. The molecule has 0 N–H and O–H groups in total. The number of hydrogen-bond donors (Lipinski definition) is 0. The van der Waals surface area contributed by atoms with Gasteiger partial charge in [-0.2, -0.15) is 0 Å². The van der Waals surface area contributed by atoms with E-state index in [-0.39, 0.29) is 5.41 Å². The summed E-state index contributed by atoms with van der Waals surface area (Å²) in [6.45, 7) is 0. The molecule has 0 saturated heterocycles. The quantitative estimate of drug-likeness (QED) is 0.179. The van der Waals surface area contributed by atoms with E-state index in [0.29, 0.717) is 23.5 Å². The Kier molecular flexibility index (Phi) is 7.12. The first-order chi connectivity index (χ1) is 29.2. The van der Waals surface area contributed by atoms with Crippen LogP contribution in [0.25, 0.3) is 56.4 Å². The molecule has 0 radical (unpaired) electrons. The van der Waals surface area contributed by atoms with Crippen LogP contribution in [-0.4, -0.2) is 15.0 Å². The Morgan fingerprint density at radius 3 is 1.41 bits per heavy atom. The van der Waals surface area contributed by atoms with Crippen LogP contribution in [-0.2, 0) is 10.8 Å². The van der Waals surface area contributed by atoms with Crippen LogP contribution in [0.1, 0.15) is 65.5 Å². The standard InChI is InChI=1S/C56H43N3/c1-3-14-37(15-4-1)39-18-13-19-40(33-39)53-57-52(38-16-5-2-6-17-38)58-54(59-53)41-26-27-50-51(34-41)55(42-29-35-28-36(31-42)32-43(55)30-35)48-24-11-12-25-49(48)56(50)46-22-9-7-20-44(46)45-21-8-10-23-47(45)56/h1-27,33-36,42-43H,28-32H2. The zero-order chi connectivity index (χ0) is 38.7. The van der Waals surface area contributed by atoms with Gasteiger partial charge in [-0.15, -0.1) is 0 Å². The van der Waals surface area contributed by atoms with Crippen LogP contribution < -0.4 is 0 Å². The maximum atomic E-state index is 5.39. The van der Waals surface area contributed by atoms with Gasteiger partial charge in [0.1, 0.15) is 0 Å². The largest absolute Gasteiger partial charge is 0.208 e. The topological polar surface area (TPSA) is 38.7 Å². The third-order valence-electron chi connectivity index (χ3n) is 15.2. The average Bonchev–Trinajstić information content (AvgIpc) is 3.60. The Hall–Kier alpha value is -6.45. The first-order valence-electron chi connectivity index (χ1n) is 21.6. The van der Waals surface area contributed by atoms with Crippen LogP contribution in [0.5, 0.6) is 0 Å². The van der Waals surface area contributed by atoms with Gasteiger partial charge in [0.2, 0.25) is 0 Å². The minimum absolute atomic E-state index is 0.0742. The van der Waals surface area contributed by atoms with Gasteiger partial charge >= 0.3 is 0 Å². The molecule has 1 heterocycles. The maximum Gasteiger partial charge on any atom is 0.164 e. The van der Waals surface area contributed by atoms with E-state index in [2.05, 4.69) is 176 Å². The van der Waals surface area contributed by atoms with Crippen LogP contribution in [0.3, 0.4) is 0 Å².